The van der Waals surface area contributed by atoms with Crippen molar-refractivity contribution in [3.63, 3.8) is 0 Å². The van der Waals surface area contributed by atoms with Crippen LogP contribution in [0.15, 0.2) is 48.7 Å². The van der Waals surface area contributed by atoms with Crippen LogP contribution in [0.1, 0.15) is 24.2 Å². The molecule has 0 saturated heterocycles. The van der Waals surface area contributed by atoms with Gasteiger partial charge in [-0.1, -0.05) is 36.3 Å². The Bertz CT molecular complexity index is 676. The summed E-state index contributed by atoms with van der Waals surface area (Å²) < 4.78 is 2.21. The largest absolute Gasteiger partial charge is 0.348 e. The summed E-state index contributed by atoms with van der Waals surface area (Å²) in [7, 11) is 0. The zero-order valence-electron chi connectivity index (χ0n) is 11.4. The number of benzene rings is 1. The zero-order valence-corrected chi connectivity index (χ0v) is 11.4. The summed E-state index contributed by atoms with van der Waals surface area (Å²) in [6, 6.07) is 14.2. The van der Waals surface area contributed by atoms with Crippen LogP contribution in [-0.2, 0) is 11.3 Å². The molecular weight excluding hydrogens is 248 g/mol. The summed E-state index contributed by atoms with van der Waals surface area (Å²) in [6.07, 6.45) is 2.07. The van der Waals surface area contributed by atoms with Crippen LogP contribution in [0.25, 0.3) is 0 Å². The van der Waals surface area contributed by atoms with Crippen molar-refractivity contribution in [1.82, 2.24) is 9.47 Å². The smallest absolute Gasteiger partial charge is 0.299 e. The highest BCUT2D eigenvalue weighted by Crippen LogP contribution is 2.32. The van der Waals surface area contributed by atoms with Gasteiger partial charge in [0, 0.05) is 25.0 Å². The fourth-order valence-electron chi connectivity index (χ4n) is 2.77. The molecule has 1 unspecified atom stereocenters. The number of carbonyl (C=O) groups is 1. The minimum atomic E-state index is -0.103. The van der Waals surface area contributed by atoms with E-state index in [9.17, 15) is 4.79 Å². The molecule has 0 saturated carbocycles. The molecule has 3 nitrogen and oxygen atoms in total. The van der Waals surface area contributed by atoms with Crippen molar-refractivity contribution in [2.45, 2.75) is 19.5 Å². The van der Waals surface area contributed by atoms with Crippen molar-refractivity contribution in [3.05, 3.63) is 59.9 Å². The lowest BCUT2D eigenvalue weighted by molar-refractivity contribution is -0.127. The normalized spacial score (nSPS) is 17.1. The lowest BCUT2D eigenvalue weighted by Crippen LogP contribution is -2.41. The number of amides is 1. The van der Waals surface area contributed by atoms with Crippen LogP contribution in [0, 0.1) is 11.8 Å². The number of fused-ring (bicyclic) bond motifs is 1. The van der Waals surface area contributed by atoms with E-state index in [-0.39, 0.29) is 11.9 Å². The van der Waals surface area contributed by atoms with Crippen LogP contribution in [0.4, 0.5) is 0 Å². The summed E-state index contributed by atoms with van der Waals surface area (Å²) in [5.74, 6) is 5.27. The van der Waals surface area contributed by atoms with Gasteiger partial charge in [0.25, 0.3) is 5.91 Å². The molecule has 0 spiro atoms. The Morgan fingerprint density at radius 2 is 1.95 bits per heavy atom. The molecule has 1 atom stereocenters. The molecule has 0 bridgehead atoms. The van der Waals surface area contributed by atoms with Gasteiger partial charge in [-0.05, 0) is 30.5 Å². The lowest BCUT2D eigenvalue weighted by Gasteiger charge is -2.36. The SMILES string of the molecule is CC#CC(=O)N1CCn2cccc2C1c1ccccc1. The number of hydrogen-bond acceptors (Lipinski definition) is 1. The molecule has 1 aliphatic rings. The van der Waals surface area contributed by atoms with Crippen LogP contribution >= 0.6 is 0 Å². The number of carbonyl (C=O) groups excluding carboxylic acids is 1. The minimum Gasteiger partial charge on any atom is -0.348 e. The lowest BCUT2D eigenvalue weighted by atomic mass is 10.00. The Balaban J connectivity index is 2.07. The van der Waals surface area contributed by atoms with Crippen LogP contribution < -0.4 is 0 Å². The third-order valence-electron chi connectivity index (χ3n) is 3.65. The maximum absolute atomic E-state index is 12.3. The molecule has 1 aromatic heterocycles. The Labute approximate surface area is 118 Å². The second-order valence-corrected chi connectivity index (χ2v) is 4.81. The van der Waals surface area contributed by atoms with Crippen LogP contribution in [-0.4, -0.2) is 21.9 Å². The fourth-order valence-corrected chi connectivity index (χ4v) is 2.77. The zero-order chi connectivity index (χ0) is 13.9. The van der Waals surface area contributed by atoms with Gasteiger partial charge in [0.1, 0.15) is 0 Å². The Morgan fingerprint density at radius 1 is 1.15 bits per heavy atom. The summed E-state index contributed by atoms with van der Waals surface area (Å²) in [4.78, 5) is 14.1. The van der Waals surface area contributed by atoms with Crippen molar-refractivity contribution in [3.8, 4) is 11.8 Å². The van der Waals surface area contributed by atoms with E-state index in [0.717, 1.165) is 17.8 Å². The topological polar surface area (TPSA) is 25.2 Å². The average molecular weight is 264 g/mol. The van der Waals surface area contributed by atoms with Crippen molar-refractivity contribution in [2.75, 3.05) is 6.54 Å². The minimum absolute atomic E-state index is 0.0479. The van der Waals surface area contributed by atoms with Gasteiger partial charge in [-0.3, -0.25) is 4.79 Å². The summed E-state index contributed by atoms with van der Waals surface area (Å²) in [5.41, 5.74) is 2.27. The highest BCUT2D eigenvalue weighted by molar-refractivity contribution is 5.94. The van der Waals surface area contributed by atoms with Gasteiger partial charge in [0.05, 0.1) is 6.04 Å². The van der Waals surface area contributed by atoms with Gasteiger partial charge in [-0.15, -0.1) is 0 Å². The van der Waals surface area contributed by atoms with E-state index in [4.69, 9.17) is 0 Å². The monoisotopic (exact) mass is 264 g/mol. The van der Waals surface area contributed by atoms with Gasteiger partial charge in [-0.25, -0.2) is 0 Å². The van der Waals surface area contributed by atoms with E-state index < -0.39 is 0 Å². The highest BCUT2D eigenvalue weighted by Gasteiger charge is 2.31. The fraction of sp³-hybridized carbons (Fsp3) is 0.235. The molecule has 3 heteroatoms. The summed E-state index contributed by atoms with van der Waals surface area (Å²) in [6.45, 7) is 3.21. The molecule has 1 aliphatic heterocycles. The first-order chi connectivity index (χ1) is 9.81. The first-order valence-electron chi connectivity index (χ1n) is 6.74. The maximum Gasteiger partial charge on any atom is 0.299 e. The van der Waals surface area contributed by atoms with Crippen molar-refractivity contribution >= 4 is 5.91 Å². The van der Waals surface area contributed by atoms with Gasteiger partial charge in [0.2, 0.25) is 0 Å². The van der Waals surface area contributed by atoms with Gasteiger partial charge in [0.15, 0.2) is 0 Å². The van der Waals surface area contributed by atoms with E-state index >= 15 is 0 Å². The third-order valence-corrected chi connectivity index (χ3v) is 3.65. The second kappa shape index (κ2) is 5.26. The van der Waals surface area contributed by atoms with Crippen molar-refractivity contribution < 1.29 is 4.79 Å². The first kappa shape index (κ1) is 12.6. The molecule has 100 valence electrons. The number of hydrogen-bond donors (Lipinski definition) is 0. The van der Waals surface area contributed by atoms with Crippen LogP contribution in [0.2, 0.25) is 0 Å². The molecule has 3 rings (SSSR count). The number of rotatable bonds is 1. The van der Waals surface area contributed by atoms with Crippen LogP contribution in [0.5, 0.6) is 0 Å². The summed E-state index contributed by atoms with van der Waals surface area (Å²) >= 11 is 0. The van der Waals surface area contributed by atoms with E-state index in [2.05, 4.69) is 40.8 Å². The Morgan fingerprint density at radius 3 is 2.70 bits per heavy atom. The maximum atomic E-state index is 12.3. The predicted molar refractivity (Wildman–Crippen MR) is 77.9 cm³/mol. The molecule has 0 N–H and O–H groups in total. The molecular formula is C17H16N2O. The van der Waals surface area contributed by atoms with E-state index in [1.54, 1.807) is 6.92 Å². The Kier molecular flexibility index (Phi) is 3.30. The number of nitrogens with zero attached hydrogens (tertiary/aromatic N) is 2. The summed E-state index contributed by atoms with van der Waals surface area (Å²) in [5, 5.41) is 0. The van der Waals surface area contributed by atoms with Gasteiger partial charge in [-0.2, -0.15) is 0 Å². The van der Waals surface area contributed by atoms with E-state index in [0.29, 0.717) is 6.54 Å². The number of aromatic nitrogens is 1. The molecule has 20 heavy (non-hydrogen) atoms. The molecule has 0 aliphatic carbocycles. The molecule has 2 heterocycles. The van der Waals surface area contributed by atoms with Gasteiger partial charge < -0.3 is 9.47 Å². The van der Waals surface area contributed by atoms with Crippen LogP contribution in [0.3, 0.4) is 0 Å². The third kappa shape index (κ3) is 2.10. The quantitative estimate of drug-likeness (QED) is 0.726. The average Bonchev–Trinajstić information content (AvgIpc) is 2.95. The van der Waals surface area contributed by atoms with E-state index in [1.165, 1.54) is 0 Å². The molecule has 1 amide bonds. The molecule has 2 aromatic rings. The van der Waals surface area contributed by atoms with Crippen molar-refractivity contribution in [2.24, 2.45) is 0 Å². The van der Waals surface area contributed by atoms with Crippen molar-refractivity contribution in [1.29, 1.82) is 0 Å². The molecule has 0 fully saturated rings. The standard InChI is InChI=1S/C17H16N2O/c1-2-7-16(20)19-13-12-18-11-6-10-15(18)17(19)14-8-4-3-5-9-14/h3-6,8-11,17H,12-13H2,1H3. The Hall–Kier alpha value is -2.47. The first-order valence-corrected chi connectivity index (χ1v) is 6.74. The van der Waals surface area contributed by atoms with Gasteiger partial charge >= 0.3 is 0 Å². The van der Waals surface area contributed by atoms with E-state index in [1.807, 2.05) is 29.2 Å². The molecule has 1 aromatic carbocycles. The second-order valence-electron chi connectivity index (χ2n) is 4.81. The highest BCUT2D eigenvalue weighted by atomic mass is 16.2. The molecule has 0 radical (unpaired) electrons. The predicted octanol–water partition coefficient (Wildman–Crippen LogP) is 2.44.